The van der Waals surface area contributed by atoms with E-state index in [4.69, 9.17) is 5.10 Å². The summed E-state index contributed by atoms with van der Waals surface area (Å²) in [5.41, 5.74) is 6.82. The number of benzene rings is 2. The van der Waals surface area contributed by atoms with Crippen LogP contribution in [0.1, 0.15) is 25.0 Å². The zero-order valence-electron chi connectivity index (χ0n) is 18.6. The Morgan fingerprint density at radius 3 is 2.55 bits per heavy atom. The highest BCUT2D eigenvalue weighted by Gasteiger charge is 2.25. The van der Waals surface area contributed by atoms with Crippen LogP contribution in [0, 0.1) is 6.92 Å². The van der Waals surface area contributed by atoms with Gasteiger partial charge >= 0.3 is 0 Å². The topological polar surface area (TPSA) is 66.3 Å². The van der Waals surface area contributed by atoms with E-state index in [-0.39, 0.29) is 5.56 Å². The highest BCUT2D eigenvalue weighted by molar-refractivity contribution is 5.88. The van der Waals surface area contributed by atoms with Crippen LogP contribution in [-0.4, -0.2) is 32.7 Å². The fourth-order valence-electron chi connectivity index (χ4n) is 4.95. The van der Waals surface area contributed by atoms with Gasteiger partial charge in [-0.25, -0.2) is 0 Å². The molecule has 2 aromatic carbocycles. The Hall–Kier alpha value is -3.93. The van der Waals surface area contributed by atoms with Crippen LogP contribution < -0.4 is 10.5 Å². The molecule has 0 atom stereocenters. The summed E-state index contributed by atoms with van der Waals surface area (Å²) >= 11 is 0. The summed E-state index contributed by atoms with van der Waals surface area (Å²) in [5.74, 6) is 0. The Kier molecular flexibility index (Phi) is 4.72. The molecule has 0 saturated carbocycles. The van der Waals surface area contributed by atoms with E-state index in [1.165, 1.54) is 6.42 Å². The summed E-state index contributed by atoms with van der Waals surface area (Å²) in [7, 11) is 0. The molecule has 0 unspecified atom stereocenters. The van der Waals surface area contributed by atoms with Gasteiger partial charge in [0.2, 0.25) is 0 Å². The molecule has 0 spiro atoms. The van der Waals surface area contributed by atoms with Crippen LogP contribution in [-0.2, 0) is 0 Å². The van der Waals surface area contributed by atoms with Gasteiger partial charge in [-0.05, 0) is 49.9 Å². The second kappa shape index (κ2) is 7.89. The molecule has 4 heterocycles. The van der Waals surface area contributed by atoms with Crippen molar-refractivity contribution in [1.82, 2.24) is 19.6 Å². The van der Waals surface area contributed by atoms with E-state index in [2.05, 4.69) is 27.0 Å². The Morgan fingerprint density at radius 1 is 0.909 bits per heavy atom. The fourth-order valence-corrected chi connectivity index (χ4v) is 4.95. The van der Waals surface area contributed by atoms with Crippen molar-refractivity contribution in [3.05, 3.63) is 82.9 Å². The lowest BCUT2D eigenvalue weighted by Gasteiger charge is -2.28. The number of rotatable bonds is 3. The average Bonchev–Trinajstić information content (AvgIpc) is 3.24. The van der Waals surface area contributed by atoms with Crippen LogP contribution >= 0.6 is 0 Å². The molecular weight excluding hydrogens is 410 g/mol. The Bertz CT molecular complexity index is 1530. The highest BCUT2D eigenvalue weighted by Crippen LogP contribution is 2.35. The second-order valence-corrected chi connectivity index (χ2v) is 8.71. The second-order valence-electron chi connectivity index (χ2n) is 8.71. The smallest absolute Gasteiger partial charge is 0.282 e. The first-order chi connectivity index (χ1) is 16.2. The minimum absolute atomic E-state index is 0.107. The number of fused-ring (bicyclic) bond motifs is 2. The molecule has 5 aromatic rings. The molecule has 1 aliphatic rings. The van der Waals surface area contributed by atoms with Gasteiger partial charge in [0.15, 0.2) is 5.65 Å². The van der Waals surface area contributed by atoms with Crippen molar-refractivity contribution in [3.63, 3.8) is 0 Å². The summed E-state index contributed by atoms with van der Waals surface area (Å²) in [6.07, 6.45) is 5.33. The molecule has 164 valence electrons. The van der Waals surface area contributed by atoms with Gasteiger partial charge in [0.05, 0.1) is 11.1 Å². The third-order valence-electron chi connectivity index (χ3n) is 6.56. The van der Waals surface area contributed by atoms with E-state index in [0.29, 0.717) is 5.56 Å². The highest BCUT2D eigenvalue weighted by atomic mass is 16.1. The van der Waals surface area contributed by atoms with Crippen molar-refractivity contribution in [2.75, 3.05) is 18.0 Å². The molecule has 0 radical (unpaired) electrons. The van der Waals surface area contributed by atoms with Gasteiger partial charge in [-0.15, -0.1) is 0 Å². The van der Waals surface area contributed by atoms with Gasteiger partial charge in [0, 0.05) is 35.9 Å². The number of pyridine rings is 1. The number of nitrogens with one attached hydrogen (secondary N) is 1. The molecule has 0 bridgehead atoms. The van der Waals surface area contributed by atoms with Crippen LogP contribution in [0.15, 0.2) is 71.7 Å². The molecule has 1 fully saturated rings. The van der Waals surface area contributed by atoms with Crippen molar-refractivity contribution in [1.29, 1.82) is 0 Å². The van der Waals surface area contributed by atoms with Gasteiger partial charge in [-0.1, -0.05) is 42.5 Å². The third-order valence-corrected chi connectivity index (χ3v) is 6.56. The maximum atomic E-state index is 13.8. The first kappa shape index (κ1) is 19.7. The molecule has 6 rings (SSSR count). The molecular formula is C27H25N5O. The summed E-state index contributed by atoms with van der Waals surface area (Å²) in [6, 6.07) is 20.0. The van der Waals surface area contributed by atoms with Gasteiger partial charge in [-0.2, -0.15) is 9.61 Å². The number of hydrogen-bond donors (Lipinski definition) is 1. The quantitative estimate of drug-likeness (QED) is 0.423. The number of aromatic nitrogens is 4. The number of piperidine rings is 1. The number of hydrogen-bond acceptors (Lipinski definition) is 4. The molecule has 1 N–H and O–H groups in total. The van der Waals surface area contributed by atoms with Crippen LogP contribution in [0.4, 0.5) is 5.69 Å². The SMILES string of the molecule is Cc1[nH]c2c(N3CCCCC3)c(-c3ccccc3)nn2c(=O)c1-c1ccc2ncccc2c1. The summed E-state index contributed by atoms with van der Waals surface area (Å²) in [6.45, 7) is 3.92. The molecule has 1 saturated heterocycles. The van der Waals surface area contributed by atoms with Crippen LogP contribution in [0.2, 0.25) is 0 Å². The van der Waals surface area contributed by atoms with E-state index in [9.17, 15) is 4.79 Å². The number of aromatic amines is 1. The van der Waals surface area contributed by atoms with E-state index in [0.717, 1.165) is 70.7 Å². The molecule has 3 aromatic heterocycles. The lowest BCUT2D eigenvalue weighted by molar-refractivity contribution is 0.579. The number of nitrogens with zero attached hydrogens (tertiary/aromatic N) is 4. The van der Waals surface area contributed by atoms with Crippen LogP contribution in [0.25, 0.3) is 38.9 Å². The number of anilines is 1. The predicted molar refractivity (Wildman–Crippen MR) is 133 cm³/mol. The van der Waals surface area contributed by atoms with E-state index >= 15 is 0 Å². The number of aryl methyl sites for hydroxylation is 1. The van der Waals surface area contributed by atoms with Crippen LogP contribution in [0.3, 0.4) is 0 Å². The third kappa shape index (κ3) is 3.30. The lowest BCUT2D eigenvalue weighted by atomic mass is 10.0. The van der Waals surface area contributed by atoms with Gasteiger partial charge in [0.1, 0.15) is 11.4 Å². The minimum Gasteiger partial charge on any atom is -0.367 e. The van der Waals surface area contributed by atoms with Crippen molar-refractivity contribution < 1.29 is 0 Å². The Balaban J connectivity index is 1.61. The molecule has 6 nitrogen and oxygen atoms in total. The summed E-state index contributed by atoms with van der Waals surface area (Å²) < 4.78 is 1.56. The molecule has 1 aliphatic heterocycles. The standard InChI is InChI=1S/C27H25N5O/c1-18-23(21-12-13-22-20(17-21)11-8-14-28-22)27(33)32-26(29-18)25(31-15-6-3-7-16-31)24(30-32)19-9-4-2-5-10-19/h2,4-5,8-14,17,29H,3,6-7,15-16H2,1H3. The minimum atomic E-state index is -0.107. The first-order valence-corrected chi connectivity index (χ1v) is 11.5. The Labute approximate surface area is 191 Å². The first-order valence-electron chi connectivity index (χ1n) is 11.5. The van der Waals surface area contributed by atoms with E-state index < -0.39 is 0 Å². The average molecular weight is 436 g/mol. The molecule has 0 aliphatic carbocycles. The Morgan fingerprint density at radius 2 is 1.73 bits per heavy atom. The maximum Gasteiger partial charge on any atom is 0.282 e. The molecule has 0 amide bonds. The zero-order valence-corrected chi connectivity index (χ0v) is 18.6. The van der Waals surface area contributed by atoms with Gasteiger partial charge in [0.25, 0.3) is 5.56 Å². The fraction of sp³-hybridized carbons (Fsp3) is 0.222. The molecule has 6 heteroatoms. The van der Waals surface area contributed by atoms with Gasteiger partial charge < -0.3 is 9.88 Å². The van der Waals surface area contributed by atoms with E-state index in [1.54, 1.807) is 10.7 Å². The monoisotopic (exact) mass is 435 g/mol. The zero-order chi connectivity index (χ0) is 22.4. The normalized spacial score (nSPS) is 14.3. The van der Waals surface area contributed by atoms with E-state index in [1.807, 2.05) is 55.5 Å². The predicted octanol–water partition coefficient (Wildman–Crippen LogP) is 5.20. The number of H-pyrrole nitrogens is 1. The maximum absolute atomic E-state index is 13.8. The van der Waals surface area contributed by atoms with Crippen molar-refractivity contribution in [2.45, 2.75) is 26.2 Å². The largest absolute Gasteiger partial charge is 0.367 e. The van der Waals surface area contributed by atoms with Crippen molar-refractivity contribution >= 4 is 22.2 Å². The van der Waals surface area contributed by atoms with Crippen molar-refractivity contribution in [3.8, 4) is 22.4 Å². The van der Waals surface area contributed by atoms with Gasteiger partial charge in [-0.3, -0.25) is 9.78 Å². The summed E-state index contributed by atoms with van der Waals surface area (Å²) in [4.78, 5) is 24.1. The van der Waals surface area contributed by atoms with Crippen LogP contribution in [0.5, 0.6) is 0 Å². The summed E-state index contributed by atoms with van der Waals surface area (Å²) in [5, 5.41) is 5.87. The molecule has 33 heavy (non-hydrogen) atoms. The lowest BCUT2D eigenvalue weighted by Crippen LogP contribution is -2.30. The van der Waals surface area contributed by atoms with Crippen molar-refractivity contribution in [2.24, 2.45) is 0 Å².